The second kappa shape index (κ2) is 9.76. The number of likely N-dealkylation sites (tertiary alicyclic amines) is 1. The molecule has 0 aliphatic carbocycles. The van der Waals surface area contributed by atoms with Crippen molar-refractivity contribution in [2.45, 2.75) is 31.3 Å². The first-order valence-electron chi connectivity index (χ1n) is 11.9. The summed E-state index contributed by atoms with van der Waals surface area (Å²) in [7, 11) is 1.68. The van der Waals surface area contributed by atoms with Crippen LogP contribution < -0.4 is 9.47 Å². The highest BCUT2D eigenvalue weighted by Crippen LogP contribution is 2.42. The highest BCUT2D eigenvalue weighted by Gasteiger charge is 2.34. The Morgan fingerprint density at radius 2 is 1.94 bits per heavy atom. The van der Waals surface area contributed by atoms with E-state index < -0.39 is 5.60 Å². The Morgan fingerprint density at radius 1 is 1.17 bits per heavy atom. The van der Waals surface area contributed by atoms with Gasteiger partial charge in [0.2, 0.25) is 5.88 Å². The molecule has 0 atom stereocenters. The van der Waals surface area contributed by atoms with Gasteiger partial charge in [0.1, 0.15) is 11.5 Å². The first kappa shape index (κ1) is 23.5. The van der Waals surface area contributed by atoms with Crippen LogP contribution in [0.15, 0.2) is 79.1 Å². The van der Waals surface area contributed by atoms with Gasteiger partial charge in [-0.2, -0.15) is 0 Å². The van der Waals surface area contributed by atoms with Crippen molar-refractivity contribution >= 4 is 17.2 Å². The van der Waals surface area contributed by atoms with E-state index in [1.165, 1.54) is 0 Å². The van der Waals surface area contributed by atoms with Gasteiger partial charge in [0.05, 0.1) is 12.7 Å². The number of hydrogen-bond donors (Lipinski definition) is 1. The van der Waals surface area contributed by atoms with Gasteiger partial charge in [0, 0.05) is 54.0 Å². The predicted molar refractivity (Wildman–Crippen MR) is 139 cm³/mol. The van der Waals surface area contributed by atoms with Crippen LogP contribution in [0.4, 0.5) is 0 Å². The van der Waals surface area contributed by atoms with E-state index in [9.17, 15) is 5.11 Å². The van der Waals surface area contributed by atoms with E-state index in [2.05, 4.69) is 22.5 Å². The summed E-state index contributed by atoms with van der Waals surface area (Å²) in [6, 6.07) is 17.3. The van der Waals surface area contributed by atoms with Crippen molar-refractivity contribution in [3.05, 3.63) is 101 Å². The molecule has 0 spiro atoms. The highest BCUT2D eigenvalue weighted by atomic mass is 35.5. The molecule has 1 N–H and O–H groups in total. The summed E-state index contributed by atoms with van der Waals surface area (Å²) in [6.45, 7) is 5.86. The van der Waals surface area contributed by atoms with E-state index >= 15 is 0 Å². The first-order chi connectivity index (χ1) is 17.0. The maximum absolute atomic E-state index is 11.2. The lowest BCUT2D eigenvalue weighted by Gasteiger charge is -2.40. The number of aliphatic hydroxyl groups is 1. The van der Waals surface area contributed by atoms with Gasteiger partial charge >= 0.3 is 0 Å². The number of nitrogens with zero attached hydrogens (tertiary/aromatic N) is 2. The molecule has 5 rings (SSSR count). The average molecular weight is 489 g/mol. The lowest BCUT2D eigenvalue weighted by molar-refractivity contribution is -0.0188. The zero-order valence-corrected chi connectivity index (χ0v) is 20.6. The Kier molecular flexibility index (Phi) is 6.54. The van der Waals surface area contributed by atoms with Crippen molar-refractivity contribution in [2.24, 2.45) is 0 Å². The van der Waals surface area contributed by atoms with Crippen molar-refractivity contribution in [2.75, 3.05) is 20.2 Å². The molecule has 6 heteroatoms. The van der Waals surface area contributed by atoms with E-state index in [0.717, 1.165) is 52.5 Å². The van der Waals surface area contributed by atoms with Gasteiger partial charge in [0.25, 0.3) is 0 Å². The Hall–Kier alpha value is -3.28. The molecule has 1 aromatic heterocycles. The van der Waals surface area contributed by atoms with Gasteiger partial charge in [-0.15, -0.1) is 0 Å². The molecule has 0 bridgehead atoms. The molecule has 3 aromatic rings. The third-order valence-corrected chi connectivity index (χ3v) is 7.26. The van der Waals surface area contributed by atoms with Gasteiger partial charge in [-0.25, -0.2) is 4.98 Å². The Balaban J connectivity index is 1.32. The molecule has 3 heterocycles. The zero-order valence-electron chi connectivity index (χ0n) is 19.8. The zero-order chi connectivity index (χ0) is 24.4. The number of pyridine rings is 1. The average Bonchev–Trinajstić information content (AvgIpc) is 3.04. The SMILES string of the molecule is C=C(C/C=C1\Cc2c(OC)cccc2Oc2ncccc21)N1CCC(O)(c2ccc(Cl)cc2)CC1. The van der Waals surface area contributed by atoms with Crippen LogP contribution in [0.2, 0.25) is 5.02 Å². The van der Waals surface area contributed by atoms with Crippen molar-refractivity contribution in [1.82, 2.24) is 9.88 Å². The highest BCUT2D eigenvalue weighted by molar-refractivity contribution is 6.30. The van der Waals surface area contributed by atoms with Gasteiger partial charge in [-0.05, 0) is 60.4 Å². The number of piperidine rings is 1. The van der Waals surface area contributed by atoms with Crippen LogP contribution in [0.3, 0.4) is 0 Å². The number of hydrogen-bond acceptors (Lipinski definition) is 5. The maximum atomic E-state index is 11.2. The Bertz CT molecular complexity index is 1260. The summed E-state index contributed by atoms with van der Waals surface area (Å²) in [5.41, 5.74) is 4.25. The normalized spacial score (nSPS) is 17.7. The minimum absolute atomic E-state index is 0.599. The van der Waals surface area contributed by atoms with Crippen molar-refractivity contribution < 1.29 is 14.6 Å². The maximum Gasteiger partial charge on any atom is 0.226 e. The smallest absolute Gasteiger partial charge is 0.226 e. The van der Waals surface area contributed by atoms with Crippen LogP contribution in [-0.2, 0) is 12.0 Å². The summed E-state index contributed by atoms with van der Waals surface area (Å²) >= 11 is 6.02. The molecule has 5 nitrogen and oxygen atoms in total. The molecule has 2 aromatic carbocycles. The number of methoxy groups -OCH3 is 1. The number of fused-ring (bicyclic) bond motifs is 2. The fourth-order valence-corrected chi connectivity index (χ4v) is 5.03. The third-order valence-electron chi connectivity index (χ3n) is 7.00. The lowest BCUT2D eigenvalue weighted by Crippen LogP contribution is -2.41. The number of aromatic nitrogens is 1. The second-order valence-corrected chi connectivity index (χ2v) is 9.53. The molecule has 0 unspecified atom stereocenters. The van der Waals surface area contributed by atoms with Crippen molar-refractivity contribution in [3.8, 4) is 17.4 Å². The van der Waals surface area contributed by atoms with Crippen molar-refractivity contribution in [1.29, 1.82) is 0 Å². The fourth-order valence-electron chi connectivity index (χ4n) is 4.91. The lowest BCUT2D eigenvalue weighted by atomic mass is 9.84. The van der Waals surface area contributed by atoms with Crippen LogP contribution in [-0.4, -0.2) is 35.2 Å². The molecule has 1 saturated heterocycles. The summed E-state index contributed by atoms with van der Waals surface area (Å²) in [6.07, 6.45) is 6.64. The Morgan fingerprint density at radius 3 is 2.69 bits per heavy atom. The molecular weight excluding hydrogens is 460 g/mol. The van der Waals surface area contributed by atoms with E-state index in [4.69, 9.17) is 21.1 Å². The third kappa shape index (κ3) is 4.79. The molecule has 0 saturated carbocycles. The molecule has 180 valence electrons. The molecule has 35 heavy (non-hydrogen) atoms. The van der Waals surface area contributed by atoms with E-state index in [0.29, 0.717) is 36.6 Å². The number of allylic oxidation sites excluding steroid dienone is 2. The minimum atomic E-state index is -0.830. The predicted octanol–water partition coefficient (Wildman–Crippen LogP) is 6.36. The summed E-state index contributed by atoms with van der Waals surface area (Å²) in [5.74, 6) is 2.17. The van der Waals surface area contributed by atoms with Crippen LogP contribution in [0, 0.1) is 0 Å². The molecule has 2 aliphatic rings. The number of halogens is 1. The number of ether oxygens (including phenoxy) is 2. The van der Waals surface area contributed by atoms with E-state index in [-0.39, 0.29) is 0 Å². The Labute approximate surface area is 211 Å². The topological polar surface area (TPSA) is 54.8 Å². The molecule has 2 aliphatic heterocycles. The fraction of sp³-hybridized carbons (Fsp3) is 0.276. The summed E-state index contributed by atoms with van der Waals surface area (Å²) < 4.78 is 11.8. The quantitative estimate of drug-likeness (QED) is 0.452. The molecular formula is C29H29ClN2O3. The molecule has 0 amide bonds. The largest absolute Gasteiger partial charge is 0.496 e. The number of rotatable bonds is 5. The van der Waals surface area contributed by atoms with Crippen LogP contribution >= 0.6 is 11.6 Å². The molecule has 1 fully saturated rings. The minimum Gasteiger partial charge on any atom is -0.496 e. The van der Waals surface area contributed by atoms with Gasteiger partial charge < -0.3 is 19.5 Å². The van der Waals surface area contributed by atoms with Crippen molar-refractivity contribution in [3.63, 3.8) is 0 Å². The van der Waals surface area contributed by atoms with E-state index in [1.807, 2.05) is 54.6 Å². The monoisotopic (exact) mass is 488 g/mol. The van der Waals surface area contributed by atoms with Gasteiger partial charge in [-0.1, -0.05) is 42.5 Å². The first-order valence-corrected chi connectivity index (χ1v) is 12.2. The van der Waals surface area contributed by atoms with Crippen LogP contribution in [0.1, 0.15) is 36.0 Å². The summed E-state index contributed by atoms with van der Waals surface area (Å²) in [5, 5.41) is 11.9. The summed E-state index contributed by atoms with van der Waals surface area (Å²) in [4.78, 5) is 6.75. The molecule has 0 radical (unpaired) electrons. The van der Waals surface area contributed by atoms with Gasteiger partial charge in [-0.3, -0.25) is 0 Å². The second-order valence-electron chi connectivity index (χ2n) is 9.10. The van der Waals surface area contributed by atoms with Crippen LogP contribution in [0.5, 0.6) is 17.4 Å². The van der Waals surface area contributed by atoms with E-state index in [1.54, 1.807) is 13.3 Å². The number of benzene rings is 2. The van der Waals surface area contributed by atoms with Gasteiger partial charge in [0.15, 0.2) is 0 Å². The van der Waals surface area contributed by atoms with Crippen LogP contribution in [0.25, 0.3) is 5.57 Å². The standard InChI is InChI=1S/C29H29ClN2O3/c1-20(32-17-14-29(33,15-18-32)22-10-12-23(30)13-11-22)8-9-21-19-25-26(34-2)6-3-7-27(25)35-28-24(21)5-4-16-31-28/h3-7,9-13,16,33H,1,8,14-15,17-19H2,2H3/b21-9+.